The molecule has 0 radical (unpaired) electrons. The van der Waals surface area contributed by atoms with Crippen molar-refractivity contribution < 1.29 is 47.0 Å². The van der Waals surface area contributed by atoms with E-state index in [1.807, 2.05) is 30.3 Å². The normalized spacial score (nSPS) is 22.3. The molecule has 0 spiro atoms. The molecule has 2 unspecified atom stereocenters. The smallest absolute Gasteiger partial charge is 0.450 e. The van der Waals surface area contributed by atoms with E-state index >= 15 is 0 Å². The zero-order chi connectivity index (χ0) is 47.7. The molecule has 0 amide bonds. The standard InChI is InChI=1S/C50H69ClN5O10P/c1-4-5-6-7-8-9-10-11-12-13-14-15-16-17-18-24-31-60-33-39(61-32-38-25-20-19-21-26-38)34-62-67(59,65-42-28-23-22-27-40(42)51)66-45-44-50(45,64-47(57)37(2)3)48(58)49(35-52,63-44)43-30-29-41-46(53)54-36-55-56(41)43/h19-23,25-30,36-37,39,44-45,48,58H,4-18,24,31-34H2,1-3H3,(H2,53,54,55)/t39-,44-,45?,48+,49+,50+,67?/m1/s1. The second-order valence-corrected chi connectivity index (χ2v) is 19.9. The number of hydrogen-bond acceptors (Lipinski definition) is 14. The predicted octanol–water partition coefficient (Wildman–Crippen LogP) is 10.8. The number of carbonyl (C=O) groups is 1. The minimum absolute atomic E-state index is 0.0159. The summed E-state index contributed by atoms with van der Waals surface area (Å²) in [5.41, 5.74) is 3.27. The molecule has 7 atom stereocenters. The molecule has 0 bridgehead atoms. The van der Waals surface area contributed by atoms with Crippen LogP contribution in [0.25, 0.3) is 5.52 Å². The van der Waals surface area contributed by atoms with Gasteiger partial charge in [-0.25, -0.2) is 14.1 Å². The summed E-state index contributed by atoms with van der Waals surface area (Å²) in [6.07, 6.45) is 16.2. The first kappa shape index (κ1) is 52.3. The van der Waals surface area contributed by atoms with Crippen LogP contribution in [-0.2, 0) is 49.6 Å². The molecule has 1 saturated heterocycles. The van der Waals surface area contributed by atoms with Crippen LogP contribution in [0.4, 0.5) is 5.82 Å². The van der Waals surface area contributed by atoms with Gasteiger partial charge < -0.3 is 34.3 Å². The van der Waals surface area contributed by atoms with E-state index in [9.17, 15) is 19.7 Å². The van der Waals surface area contributed by atoms with Crippen LogP contribution < -0.4 is 10.3 Å². The van der Waals surface area contributed by atoms with Gasteiger partial charge in [0.1, 0.15) is 48.1 Å². The van der Waals surface area contributed by atoms with E-state index in [0.717, 1.165) is 24.8 Å². The molecule has 1 aliphatic heterocycles. The molecule has 2 fully saturated rings. The molecule has 2 aromatic carbocycles. The van der Waals surface area contributed by atoms with Gasteiger partial charge in [-0.15, -0.1) is 0 Å². The van der Waals surface area contributed by atoms with Gasteiger partial charge in [0.15, 0.2) is 11.4 Å². The Labute approximate surface area is 400 Å². The highest BCUT2D eigenvalue weighted by Crippen LogP contribution is 2.66. The van der Waals surface area contributed by atoms with Crippen molar-refractivity contribution in [3.63, 3.8) is 0 Å². The van der Waals surface area contributed by atoms with Gasteiger partial charge in [-0.3, -0.25) is 13.8 Å². The quantitative estimate of drug-likeness (QED) is 0.0266. The summed E-state index contributed by atoms with van der Waals surface area (Å²) in [5.74, 6) is -1.28. The number of anilines is 1. The fourth-order valence-electron chi connectivity index (χ4n) is 8.48. The van der Waals surface area contributed by atoms with E-state index in [1.54, 1.807) is 38.1 Å². The van der Waals surface area contributed by atoms with Crippen LogP contribution in [0.3, 0.4) is 0 Å². The van der Waals surface area contributed by atoms with Gasteiger partial charge in [-0.2, -0.15) is 10.4 Å². The second kappa shape index (κ2) is 25.5. The number of unbranched alkanes of at least 4 members (excludes halogenated alkanes) is 15. The lowest BCUT2D eigenvalue weighted by molar-refractivity contribution is -0.169. The van der Waals surface area contributed by atoms with Crippen LogP contribution in [0.5, 0.6) is 5.75 Å². The third-order valence-corrected chi connectivity index (χ3v) is 14.1. The SMILES string of the molecule is CCCCCCCCCCCCCCCCCCOC[C@H](COP(=O)(Oc1ccccc1Cl)OC1[C@H]2O[C@@](C#N)(c3ccc4c(N)ncnn34)[C@H](O)[C@@]12OC(=O)C(C)C)OCc1ccccc1. The summed E-state index contributed by atoms with van der Waals surface area (Å²) in [5, 5.41) is 27.2. The number of nitrogens with zero attached hydrogens (tertiary/aromatic N) is 4. The summed E-state index contributed by atoms with van der Waals surface area (Å²) in [6, 6.07) is 21.1. The number of halogens is 1. The number of ether oxygens (including phenoxy) is 4. The molecule has 2 aliphatic rings. The number of hydrogen-bond donors (Lipinski definition) is 2. The highest BCUT2D eigenvalue weighted by atomic mass is 35.5. The number of phosphoric ester groups is 1. The van der Waals surface area contributed by atoms with Crippen molar-refractivity contribution in [2.45, 2.75) is 166 Å². The van der Waals surface area contributed by atoms with Crippen LogP contribution >= 0.6 is 19.4 Å². The maximum absolute atomic E-state index is 15.0. The molecule has 3 heterocycles. The zero-order valence-electron chi connectivity index (χ0n) is 39.3. The number of carbonyl (C=O) groups excluding carboxylic acids is 1. The first-order valence-electron chi connectivity index (χ1n) is 24.2. The van der Waals surface area contributed by atoms with E-state index in [4.69, 9.17) is 49.9 Å². The van der Waals surface area contributed by atoms with Crippen LogP contribution in [0.1, 0.15) is 135 Å². The van der Waals surface area contributed by atoms with Gasteiger partial charge in [0.25, 0.3) is 0 Å². The molecular formula is C50H69ClN5O10P. The predicted molar refractivity (Wildman–Crippen MR) is 255 cm³/mol. The number of nitriles is 1. The lowest BCUT2D eigenvalue weighted by Crippen LogP contribution is -2.49. The Bertz CT molecular complexity index is 2250. The molecule has 67 heavy (non-hydrogen) atoms. The van der Waals surface area contributed by atoms with Crippen molar-refractivity contribution in [2.24, 2.45) is 5.92 Å². The van der Waals surface area contributed by atoms with E-state index < -0.39 is 55.3 Å². The highest BCUT2D eigenvalue weighted by molar-refractivity contribution is 7.49. The van der Waals surface area contributed by atoms with Crippen LogP contribution in [0, 0.1) is 17.2 Å². The first-order valence-corrected chi connectivity index (χ1v) is 26.0. The van der Waals surface area contributed by atoms with Crippen molar-refractivity contribution in [1.82, 2.24) is 14.6 Å². The summed E-state index contributed by atoms with van der Waals surface area (Å²) in [4.78, 5) is 17.3. The minimum atomic E-state index is -4.76. The van der Waals surface area contributed by atoms with Crippen molar-refractivity contribution in [3.8, 4) is 11.8 Å². The largest absolute Gasteiger partial charge is 0.530 e. The number of esters is 1. The average molecular weight is 967 g/mol. The van der Waals surface area contributed by atoms with Gasteiger partial charge in [-0.1, -0.05) is 171 Å². The maximum Gasteiger partial charge on any atom is 0.530 e. The molecule has 15 nitrogen and oxygen atoms in total. The number of phosphoric acid groups is 1. The van der Waals surface area contributed by atoms with Crippen molar-refractivity contribution in [3.05, 3.63) is 89.3 Å². The summed E-state index contributed by atoms with van der Waals surface area (Å²) in [6.45, 7) is 6.01. The van der Waals surface area contributed by atoms with E-state index in [1.165, 1.54) is 106 Å². The third kappa shape index (κ3) is 13.6. The Balaban J connectivity index is 1.08. The Morgan fingerprint density at radius 1 is 0.910 bits per heavy atom. The van der Waals surface area contributed by atoms with E-state index in [2.05, 4.69) is 23.1 Å². The van der Waals surface area contributed by atoms with Crippen LogP contribution in [0.2, 0.25) is 5.02 Å². The number of aliphatic hydroxyl groups excluding tert-OH is 1. The summed E-state index contributed by atoms with van der Waals surface area (Å²) < 4.78 is 59.2. The molecule has 4 aromatic rings. The summed E-state index contributed by atoms with van der Waals surface area (Å²) >= 11 is 6.48. The molecule has 366 valence electrons. The maximum atomic E-state index is 15.0. The molecule has 17 heteroatoms. The number of para-hydroxylation sites is 1. The van der Waals surface area contributed by atoms with Crippen molar-refractivity contribution in [2.75, 3.05) is 25.6 Å². The van der Waals surface area contributed by atoms with Gasteiger partial charge in [0, 0.05) is 6.61 Å². The van der Waals surface area contributed by atoms with Gasteiger partial charge in [0.2, 0.25) is 5.60 Å². The average Bonchev–Trinajstić information content (AvgIpc) is 3.54. The first-order chi connectivity index (χ1) is 32.5. The van der Waals surface area contributed by atoms with Crippen molar-refractivity contribution >= 4 is 36.7 Å². The molecular weight excluding hydrogens is 897 g/mol. The van der Waals surface area contributed by atoms with Gasteiger partial charge in [0.05, 0.1) is 36.5 Å². The van der Waals surface area contributed by atoms with Gasteiger partial charge in [-0.05, 0) is 36.2 Å². The fourth-order valence-corrected chi connectivity index (χ4v) is 10.2. The molecule has 1 saturated carbocycles. The third-order valence-electron chi connectivity index (χ3n) is 12.4. The number of benzene rings is 2. The molecule has 6 rings (SSSR count). The van der Waals surface area contributed by atoms with E-state index in [-0.39, 0.29) is 42.1 Å². The highest BCUT2D eigenvalue weighted by Gasteiger charge is 2.87. The summed E-state index contributed by atoms with van der Waals surface area (Å²) in [7, 11) is -4.76. The molecule has 1 aliphatic carbocycles. The number of rotatable bonds is 32. The molecule has 2 aromatic heterocycles. The minimum Gasteiger partial charge on any atom is -0.450 e. The zero-order valence-corrected chi connectivity index (χ0v) is 40.9. The Morgan fingerprint density at radius 3 is 2.16 bits per heavy atom. The van der Waals surface area contributed by atoms with Crippen LogP contribution in [0.15, 0.2) is 73.1 Å². The monoisotopic (exact) mass is 965 g/mol. The Morgan fingerprint density at radius 2 is 1.54 bits per heavy atom. The number of aromatic nitrogens is 3. The van der Waals surface area contributed by atoms with Gasteiger partial charge >= 0.3 is 13.8 Å². The van der Waals surface area contributed by atoms with Crippen molar-refractivity contribution in [1.29, 1.82) is 5.26 Å². The van der Waals surface area contributed by atoms with Crippen LogP contribution in [-0.4, -0.2) is 75.5 Å². The number of aliphatic hydroxyl groups is 1. The molecule has 3 N–H and O–H groups in total. The Kier molecular flexibility index (Phi) is 19.9. The number of fused-ring (bicyclic) bond motifs is 2. The second-order valence-electron chi connectivity index (χ2n) is 18.0. The fraction of sp³-hybridized carbons (Fsp3) is 0.600. The van der Waals surface area contributed by atoms with E-state index in [0.29, 0.717) is 12.1 Å². The Hall–Kier alpha value is -4.10. The lowest BCUT2D eigenvalue weighted by Gasteiger charge is -2.32. The topological polar surface area (TPSA) is 199 Å². The number of nitrogens with two attached hydrogens (primary N) is 1. The lowest BCUT2D eigenvalue weighted by atomic mass is 9.90. The number of nitrogen functional groups attached to an aromatic ring is 1.